The van der Waals surface area contributed by atoms with Crippen molar-refractivity contribution in [2.75, 3.05) is 45.2 Å². The number of nitrogens with one attached hydrogen (secondary N) is 1. The van der Waals surface area contributed by atoms with E-state index < -0.39 is 0 Å². The number of aliphatic hydroxyl groups excluding tert-OH is 1. The quantitative estimate of drug-likeness (QED) is 0.846. The Kier molecular flexibility index (Phi) is 5.82. The Balaban J connectivity index is 1.70. The van der Waals surface area contributed by atoms with Gasteiger partial charge in [-0.2, -0.15) is 0 Å². The molecule has 1 atom stereocenters. The third-order valence-corrected chi connectivity index (χ3v) is 6.47. The predicted molar refractivity (Wildman–Crippen MR) is 110 cm³/mol. The highest BCUT2D eigenvalue weighted by atomic mass is 16.3. The third kappa shape index (κ3) is 3.99. The average molecular weight is 374 g/mol. The van der Waals surface area contributed by atoms with Crippen molar-refractivity contribution < 1.29 is 9.90 Å². The van der Waals surface area contributed by atoms with Gasteiger partial charge in [-0.15, -0.1) is 0 Å². The van der Waals surface area contributed by atoms with E-state index in [4.69, 9.17) is 0 Å². The molecular formula is C22H35N3O2. The molecule has 1 spiro atoms. The van der Waals surface area contributed by atoms with E-state index in [9.17, 15) is 9.90 Å². The maximum absolute atomic E-state index is 12.9. The lowest BCUT2D eigenvalue weighted by Gasteiger charge is -2.56. The van der Waals surface area contributed by atoms with Gasteiger partial charge in [0, 0.05) is 49.8 Å². The van der Waals surface area contributed by atoms with E-state index >= 15 is 0 Å². The molecule has 2 amide bonds. The minimum absolute atomic E-state index is 0.0461. The van der Waals surface area contributed by atoms with Crippen LogP contribution in [-0.4, -0.2) is 60.8 Å². The monoisotopic (exact) mass is 373 g/mol. The summed E-state index contributed by atoms with van der Waals surface area (Å²) in [6.07, 6.45) is 0.972. The molecule has 2 fully saturated rings. The summed E-state index contributed by atoms with van der Waals surface area (Å²) in [5, 5.41) is 13.0. The van der Waals surface area contributed by atoms with Crippen molar-refractivity contribution in [3.8, 4) is 0 Å². The highest BCUT2D eigenvalue weighted by Crippen LogP contribution is 2.43. The standard InChI is InChI=1S/C22H35N3O2/c1-15(2)17-6-7-20(19(10-17)16(3)4)23-21(27)25-9-8-22(13-24(5)14-22)18(11-25)12-26/h6-7,10,15-16,18,26H,8-9,11-14H2,1-5H3,(H,23,27). The van der Waals surface area contributed by atoms with Gasteiger partial charge < -0.3 is 20.2 Å². The lowest BCUT2D eigenvalue weighted by Crippen LogP contribution is -2.65. The van der Waals surface area contributed by atoms with E-state index in [1.807, 2.05) is 11.0 Å². The molecule has 5 heteroatoms. The number of amides is 2. The number of urea groups is 1. The molecule has 0 aliphatic carbocycles. The maximum Gasteiger partial charge on any atom is 0.321 e. The van der Waals surface area contributed by atoms with Crippen LogP contribution in [0, 0.1) is 11.3 Å². The Labute approximate surface area is 163 Å². The van der Waals surface area contributed by atoms with E-state index in [2.05, 4.69) is 57.1 Å². The molecule has 5 nitrogen and oxygen atoms in total. The van der Waals surface area contributed by atoms with Crippen LogP contribution in [0.4, 0.5) is 10.5 Å². The number of hydrogen-bond acceptors (Lipinski definition) is 3. The van der Waals surface area contributed by atoms with E-state index in [1.165, 1.54) is 11.1 Å². The van der Waals surface area contributed by atoms with Gasteiger partial charge in [0.2, 0.25) is 0 Å². The lowest BCUT2D eigenvalue weighted by molar-refractivity contribution is -0.0863. The van der Waals surface area contributed by atoms with Crippen LogP contribution in [0.5, 0.6) is 0 Å². The zero-order valence-electron chi connectivity index (χ0n) is 17.5. The minimum Gasteiger partial charge on any atom is -0.396 e. The Morgan fingerprint density at radius 1 is 1.26 bits per heavy atom. The number of benzene rings is 1. The van der Waals surface area contributed by atoms with Gasteiger partial charge in [-0.3, -0.25) is 0 Å². The second-order valence-electron chi connectivity index (χ2n) is 9.20. The number of hydrogen-bond donors (Lipinski definition) is 2. The summed E-state index contributed by atoms with van der Waals surface area (Å²) in [6, 6.07) is 6.32. The number of anilines is 1. The van der Waals surface area contributed by atoms with Crippen LogP contribution >= 0.6 is 0 Å². The topological polar surface area (TPSA) is 55.8 Å². The molecule has 27 heavy (non-hydrogen) atoms. The van der Waals surface area contributed by atoms with Crippen LogP contribution in [0.1, 0.15) is 57.1 Å². The molecule has 3 rings (SSSR count). The van der Waals surface area contributed by atoms with Crippen LogP contribution in [0.15, 0.2) is 18.2 Å². The number of likely N-dealkylation sites (tertiary alicyclic amines) is 2. The van der Waals surface area contributed by atoms with Crippen molar-refractivity contribution in [2.24, 2.45) is 11.3 Å². The first-order valence-corrected chi connectivity index (χ1v) is 10.2. The first-order chi connectivity index (χ1) is 12.8. The zero-order valence-corrected chi connectivity index (χ0v) is 17.5. The van der Waals surface area contributed by atoms with Crippen LogP contribution in [-0.2, 0) is 0 Å². The summed E-state index contributed by atoms with van der Waals surface area (Å²) in [4.78, 5) is 17.1. The van der Waals surface area contributed by atoms with Crippen LogP contribution < -0.4 is 5.32 Å². The van der Waals surface area contributed by atoms with E-state index in [-0.39, 0.29) is 24.0 Å². The van der Waals surface area contributed by atoms with Crippen LogP contribution in [0.3, 0.4) is 0 Å². The molecule has 0 bridgehead atoms. The van der Waals surface area contributed by atoms with Crippen molar-refractivity contribution >= 4 is 11.7 Å². The van der Waals surface area contributed by atoms with Crippen molar-refractivity contribution in [1.82, 2.24) is 9.80 Å². The second kappa shape index (κ2) is 7.80. The molecule has 1 unspecified atom stereocenters. The molecule has 2 N–H and O–H groups in total. The lowest BCUT2D eigenvalue weighted by atomic mass is 9.65. The number of piperidine rings is 1. The van der Waals surface area contributed by atoms with Crippen molar-refractivity contribution in [1.29, 1.82) is 0 Å². The minimum atomic E-state index is -0.0461. The van der Waals surface area contributed by atoms with Gasteiger partial charge in [0.05, 0.1) is 0 Å². The number of carbonyl (C=O) groups excluding carboxylic acids is 1. The Bertz CT molecular complexity index is 680. The third-order valence-electron chi connectivity index (χ3n) is 6.47. The van der Waals surface area contributed by atoms with Gasteiger partial charge in [0.1, 0.15) is 0 Å². The van der Waals surface area contributed by atoms with E-state index in [0.29, 0.717) is 18.4 Å². The van der Waals surface area contributed by atoms with Crippen LogP contribution in [0.25, 0.3) is 0 Å². The second-order valence-corrected chi connectivity index (χ2v) is 9.20. The summed E-state index contributed by atoms with van der Waals surface area (Å²) in [7, 11) is 2.12. The smallest absolute Gasteiger partial charge is 0.321 e. The van der Waals surface area contributed by atoms with Gasteiger partial charge in [-0.25, -0.2) is 4.79 Å². The van der Waals surface area contributed by atoms with Crippen molar-refractivity contribution in [3.63, 3.8) is 0 Å². The SMILES string of the molecule is CC(C)c1ccc(NC(=O)N2CCC3(CN(C)C3)C(CO)C2)c(C(C)C)c1. The van der Waals surface area contributed by atoms with Gasteiger partial charge in [-0.05, 0) is 42.5 Å². The van der Waals surface area contributed by atoms with E-state index in [1.54, 1.807) is 0 Å². The first-order valence-electron chi connectivity index (χ1n) is 10.2. The molecule has 1 aromatic rings. The highest BCUT2D eigenvalue weighted by molar-refractivity contribution is 5.90. The molecule has 0 radical (unpaired) electrons. The van der Waals surface area contributed by atoms with E-state index in [0.717, 1.165) is 31.7 Å². The summed E-state index contributed by atoms with van der Waals surface area (Å²) in [6.45, 7) is 12.3. The largest absolute Gasteiger partial charge is 0.396 e. The Hall–Kier alpha value is -1.59. The van der Waals surface area contributed by atoms with Gasteiger partial charge >= 0.3 is 6.03 Å². The number of nitrogens with zero attached hydrogens (tertiary/aromatic N) is 2. The molecule has 2 aliphatic heterocycles. The molecule has 2 heterocycles. The van der Waals surface area contributed by atoms with Crippen molar-refractivity contribution in [3.05, 3.63) is 29.3 Å². The summed E-state index contributed by atoms with van der Waals surface area (Å²) in [5.74, 6) is 0.983. The van der Waals surface area contributed by atoms with Gasteiger partial charge in [0.15, 0.2) is 0 Å². The molecule has 0 saturated carbocycles. The summed E-state index contributed by atoms with van der Waals surface area (Å²) in [5.41, 5.74) is 3.58. The summed E-state index contributed by atoms with van der Waals surface area (Å²) < 4.78 is 0. The molecular weight excluding hydrogens is 338 g/mol. The number of rotatable bonds is 4. The fraction of sp³-hybridized carbons (Fsp3) is 0.682. The Morgan fingerprint density at radius 3 is 2.52 bits per heavy atom. The Morgan fingerprint density at radius 2 is 1.96 bits per heavy atom. The molecule has 0 aromatic heterocycles. The first kappa shape index (κ1) is 20.2. The molecule has 2 saturated heterocycles. The maximum atomic E-state index is 12.9. The van der Waals surface area contributed by atoms with Crippen molar-refractivity contribution in [2.45, 2.75) is 46.0 Å². The summed E-state index contributed by atoms with van der Waals surface area (Å²) >= 11 is 0. The highest BCUT2D eigenvalue weighted by Gasteiger charge is 2.50. The zero-order chi connectivity index (χ0) is 19.8. The fourth-order valence-electron chi connectivity index (χ4n) is 4.72. The predicted octanol–water partition coefficient (Wildman–Crippen LogP) is 3.71. The normalized spacial score (nSPS) is 22.4. The van der Waals surface area contributed by atoms with Gasteiger partial charge in [0.25, 0.3) is 0 Å². The number of carbonyl (C=O) groups is 1. The number of aliphatic hydroxyl groups is 1. The molecule has 150 valence electrons. The average Bonchev–Trinajstić information content (AvgIpc) is 2.60. The molecule has 1 aromatic carbocycles. The molecule has 2 aliphatic rings. The van der Waals surface area contributed by atoms with Crippen LogP contribution in [0.2, 0.25) is 0 Å². The van der Waals surface area contributed by atoms with Gasteiger partial charge in [-0.1, -0.05) is 39.8 Å². The fourth-order valence-corrected chi connectivity index (χ4v) is 4.72.